The van der Waals surface area contributed by atoms with E-state index in [9.17, 15) is 9.59 Å². The molecule has 1 aliphatic heterocycles. The van der Waals surface area contributed by atoms with Crippen molar-refractivity contribution in [2.24, 2.45) is 0 Å². The predicted octanol–water partition coefficient (Wildman–Crippen LogP) is 2.33. The Morgan fingerprint density at radius 2 is 2.00 bits per heavy atom. The maximum absolute atomic E-state index is 13.0. The summed E-state index contributed by atoms with van der Waals surface area (Å²) in [7, 11) is 0. The van der Waals surface area contributed by atoms with Gasteiger partial charge in [0.2, 0.25) is 0 Å². The van der Waals surface area contributed by atoms with Crippen LogP contribution in [0.15, 0.2) is 47.4 Å². The molecule has 132 valence electrons. The molecule has 4 rings (SSSR count). The fourth-order valence-corrected chi connectivity index (χ4v) is 2.91. The van der Waals surface area contributed by atoms with Gasteiger partial charge in [-0.1, -0.05) is 0 Å². The molecule has 0 bridgehead atoms. The molecule has 0 atom stereocenters. The van der Waals surface area contributed by atoms with E-state index in [4.69, 9.17) is 14.2 Å². The van der Waals surface area contributed by atoms with Gasteiger partial charge in [0, 0.05) is 17.6 Å². The van der Waals surface area contributed by atoms with Crippen LogP contribution in [0.25, 0.3) is 16.7 Å². The zero-order chi connectivity index (χ0) is 18.1. The molecule has 7 nitrogen and oxygen atoms in total. The quantitative estimate of drug-likeness (QED) is 0.673. The largest absolute Gasteiger partial charge is 0.486 e. The topological polar surface area (TPSA) is 79.7 Å². The average molecular weight is 352 g/mol. The molecular weight excluding hydrogens is 336 g/mol. The number of hydrogen-bond donors (Lipinski definition) is 0. The molecule has 1 aliphatic rings. The van der Waals surface area contributed by atoms with Crippen molar-refractivity contribution >= 4 is 17.0 Å². The lowest BCUT2D eigenvalue weighted by molar-refractivity contribution is 0.0524. The monoisotopic (exact) mass is 352 g/mol. The molecule has 0 saturated heterocycles. The number of ether oxygens (including phenoxy) is 3. The molecule has 7 heteroatoms. The Balaban J connectivity index is 1.97. The molecule has 3 aromatic rings. The zero-order valence-electron chi connectivity index (χ0n) is 14.1. The Morgan fingerprint density at radius 3 is 2.81 bits per heavy atom. The van der Waals surface area contributed by atoms with Gasteiger partial charge in [-0.05, 0) is 37.3 Å². The lowest BCUT2D eigenvalue weighted by Crippen LogP contribution is -2.27. The SMILES string of the molecule is CCOC(=O)c1cc2cccnc2n(-c2ccc3c(c2)OCCO3)c1=O. The molecule has 26 heavy (non-hydrogen) atoms. The smallest absolute Gasteiger partial charge is 0.343 e. The Labute approximate surface area is 148 Å². The number of nitrogens with zero attached hydrogens (tertiary/aromatic N) is 2. The van der Waals surface area contributed by atoms with Crippen molar-refractivity contribution in [1.82, 2.24) is 9.55 Å². The first kappa shape index (κ1) is 16.1. The van der Waals surface area contributed by atoms with Gasteiger partial charge in [0.25, 0.3) is 5.56 Å². The molecule has 2 aromatic heterocycles. The van der Waals surface area contributed by atoms with Crippen LogP contribution in [0.3, 0.4) is 0 Å². The van der Waals surface area contributed by atoms with Gasteiger partial charge in [0.15, 0.2) is 11.5 Å². The van der Waals surface area contributed by atoms with E-state index >= 15 is 0 Å². The first-order valence-corrected chi connectivity index (χ1v) is 8.27. The van der Waals surface area contributed by atoms with Gasteiger partial charge in [-0.3, -0.25) is 9.36 Å². The molecule has 0 amide bonds. The Bertz CT molecular complexity index is 1060. The Morgan fingerprint density at radius 1 is 1.19 bits per heavy atom. The maximum Gasteiger partial charge on any atom is 0.343 e. The fraction of sp³-hybridized carbons (Fsp3) is 0.211. The standard InChI is InChI=1S/C19H16N2O5/c1-2-24-19(23)14-10-12-4-3-7-20-17(12)21(18(14)22)13-5-6-15-16(11-13)26-9-8-25-15/h3-7,10-11H,2,8-9H2,1H3. The highest BCUT2D eigenvalue weighted by Crippen LogP contribution is 2.32. The van der Waals surface area contributed by atoms with E-state index in [1.54, 1.807) is 43.5 Å². The van der Waals surface area contributed by atoms with Crippen LogP contribution >= 0.6 is 0 Å². The second-order valence-corrected chi connectivity index (χ2v) is 5.66. The van der Waals surface area contributed by atoms with Crippen LogP contribution < -0.4 is 15.0 Å². The van der Waals surface area contributed by atoms with Crippen LogP contribution in [-0.2, 0) is 4.74 Å². The van der Waals surface area contributed by atoms with Crippen molar-refractivity contribution < 1.29 is 19.0 Å². The highest BCUT2D eigenvalue weighted by atomic mass is 16.6. The van der Waals surface area contributed by atoms with Crippen molar-refractivity contribution in [3.63, 3.8) is 0 Å². The highest BCUT2D eigenvalue weighted by molar-refractivity contribution is 5.93. The number of pyridine rings is 2. The summed E-state index contributed by atoms with van der Waals surface area (Å²) in [6, 6.07) is 10.2. The number of carbonyl (C=O) groups is 1. The first-order valence-electron chi connectivity index (χ1n) is 8.27. The molecule has 0 N–H and O–H groups in total. The van der Waals surface area contributed by atoms with E-state index in [-0.39, 0.29) is 12.2 Å². The van der Waals surface area contributed by atoms with Gasteiger partial charge in [-0.15, -0.1) is 0 Å². The van der Waals surface area contributed by atoms with Crippen LogP contribution in [0.5, 0.6) is 11.5 Å². The van der Waals surface area contributed by atoms with Crippen LogP contribution in [0.2, 0.25) is 0 Å². The van der Waals surface area contributed by atoms with Gasteiger partial charge in [-0.25, -0.2) is 9.78 Å². The average Bonchev–Trinajstić information content (AvgIpc) is 2.67. The number of hydrogen-bond acceptors (Lipinski definition) is 6. The number of rotatable bonds is 3. The molecule has 0 fully saturated rings. The van der Waals surface area contributed by atoms with E-state index in [1.807, 2.05) is 0 Å². The van der Waals surface area contributed by atoms with Crippen molar-refractivity contribution in [3.05, 3.63) is 58.5 Å². The molecule has 3 heterocycles. The molecule has 0 aliphatic carbocycles. The summed E-state index contributed by atoms with van der Waals surface area (Å²) < 4.78 is 17.5. The summed E-state index contributed by atoms with van der Waals surface area (Å²) in [4.78, 5) is 29.6. The maximum atomic E-state index is 13.0. The summed E-state index contributed by atoms with van der Waals surface area (Å²) >= 11 is 0. The van der Waals surface area contributed by atoms with E-state index in [0.29, 0.717) is 41.4 Å². The number of esters is 1. The second kappa shape index (κ2) is 6.51. The molecule has 0 saturated carbocycles. The third kappa shape index (κ3) is 2.67. The van der Waals surface area contributed by atoms with Crippen molar-refractivity contribution in [3.8, 4) is 17.2 Å². The second-order valence-electron chi connectivity index (χ2n) is 5.66. The lowest BCUT2D eigenvalue weighted by Gasteiger charge is -2.19. The van der Waals surface area contributed by atoms with Gasteiger partial charge < -0.3 is 14.2 Å². The van der Waals surface area contributed by atoms with E-state index in [2.05, 4.69) is 4.98 Å². The highest BCUT2D eigenvalue weighted by Gasteiger charge is 2.20. The van der Waals surface area contributed by atoms with Crippen LogP contribution in [-0.4, -0.2) is 35.3 Å². The van der Waals surface area contributed by atoms with Crippen molar-refractivity contribution in [2.45, 2.75) is 6.92 Å². The van der Waals surface area contributed by atoms with Gasteiger partial charge in [0.05, 0.1) is 12.3 Å². The summed E-state index contributed by atoms with van der Waals surface area (Å²) in [6.07, 6.45) is 1.60. The normalized spacial score (nSPS) is 12.8. The first-order chi connectivity index (χ1) is 12.7. The van der Waals surface area contributed by atoms with Gasteiger partial charge >= 0.3 is 5.97 Å². The van der Waals surface area contributed by atoms with Crippen LogP contribution in [0.1, 0.15) is 17.3 Å². The van der Waals surface area contributed by atoms with Crippen molar-refractivity contribution in [1.29, 1.82) is 0 Å². The number of benzene rings is 1. The lowest BCUT2D eigenvalue weighted by atomic mass is 10.2. The molecule has 0 radical (unpaired) electrons. The predicted molar refractivity (Wildman–Crippen MR) is 94.3 cm³/mol. The zero-order valence-corrected chi connectivity index (χ0v) is 14.1. The fourth-order valence-electron chi connectivity index (χ4n) is 2.91. The van der Waals surface area contributed by atoms with E-state index in [0.717, 1.165) is 0 Å². The Kier molecular flexibility index (Phi) is 4.04. The molecule has 1 aromatic carbocycles. The van der Waals surface area contributed by atoms with Crippen LogP contribution in [0.4, 0.5) is 0 Å². The summed E-state index contributed by atoms with van der Waals surface area (Å²) in [6.45, 7) is 2.80. The van der Waals surface area contributed by atoms with Gasteiger partial charge in [-0.2, -0.15) is 0 Å². The summed E-state index contributed by atoms with van der Waals surface area (Å²) in [5.41, 5.74) is 0.449. The third-order valence-electron chi connectivity index (χ3n) is 4.04. The third-order valence-corrected chi connectivity index (χ3v) is 4.04. The number of fused-ring (bicyclic) bond motifs is 2. The minimum absolute atomic E-state index is 0.0396. The van der Waals surface area contributed by atoms with Gasteiger partial charge in [0.1, 0.15) is 24.4 Å². The van der Waals surface area contributed by atoms with Crippen LogP contribution in [0, 0.1) is 0 Å². The number of aromatic nitrogens is 2. The van der Waals surface area contributed by atoms with Crippen molar-refractivity contribution in [2.75, 3.05) is 19.8 Å². The molecule has 0 unspecified atom stereocenters. The summed E-state index contributed by atoms with van der Waals surface area (Å²) in [5, 5.41) is 0.657. The minimum atomic E-state index is -0.658. The summed E-state index contributed by atoms with van der Waals surface area (Å²) in [5.74, 6) is 0.507. The van der Waals surface area contributed by atoms with E-state index < -0.39 is 11.5 Å². The Hall–Kier alpha value is -3.35. The number of carbonyl (C=O) groups excluding carboxylic acids is 1. The molecule has 0 spiro atoms. The minimum Gasteiger partial charge on any atom is -0.486 e. The molecular formula is C19H16N2O5. The van der Waals surface area contributed by atoms with E-state index in [1.165, 1.54) is 10.6 Å².